The number of aryl methyl sites for hydroxylation is 1. The van der Waals surface area contributed by atoms with E-state index in [-0.39, 0.29) is 12.3 Å². The molecule has 0 radical (unpaired) electrons. The normalized spacial score (nSPS) is 13.7. The molecule has 1 aliphatic heterocycles. The SMILES string of the molecule is C=CCc1cc(/C=C2/NC(=O)N(CC(=O)Nc3ccccc3CC)C2=O)cc(OCC)c1OCc1ccccc1Cl. The Bertz CT molecular complexity index is 1500. The number of carbonyl (C=O) groups excluding carboxylic acids is 3. The van der Waals surface area contributed by atoms with Gasteiger partial charge in [-0.05, 0) is 61.2 Å². The molecular weight excluding hydrogens is 542 g/mol. The third kappa shape index (κ3) is 7.15. The summed E-state index contributed by atoms with van der Waals surface area (Å²) in [6.45, 7) is 7.89. The van der Waals surface area contributed by atoms with E-state index in [1.807, 2.05) is 56.3 Å². The van der Waals surface area contributed by atoms with E-state index < -0.39 is 24.4 Å². The predicted octanol–water partition coefficient (Wildman–Crippen LogP) is 6.14. The second-order valence-electron chi connectivity index (χ2n) is 9.25. The number of carbonyl (C=O) groups is 3. The van der Waals surface area contributed by atoms with Crippen LogP contribution in [0, 0.1) is 0 Å². The van der Waals surface area contributed by atoms with Crippen molar-refractivity contribution in [3.8, 4) is 11.5 Å². The van der Waals surface area contributed by atoms with Crippen molar-refractivity contribution in [2.45, 2.75) is 33.3 Å². The number of ether oxygens (including phenoxy) is 2. The van der Waals surface area contributed by atoms with Gasteiger partial charge in [-0.2, -0.15) is 0 Å². The highest BCUT2D eigenvalue weighted by molar-refractivity contribution is 6.31. The van der Waals surface area contributed by atoms with Gasteiger partial charge in [-0.3, -0.25) is 9.59 Å². The Labute approximate surface area is 244 Å². The first-order chi connectivity index (χ1) is 19.8. The van der Waals surface area contributed by atoms with Gasteiger partial charge in [0, 0.05) is 21.8 Å². The van der Waals surface area contributed by atoms with E-state index in [9.17, 15) is 14.4 Å². The zero-order chi connectivity index (χ0) is 29.4. The number of urea groups is 1. The lowest BCUT2D eigenvalue weighted by atomic mass is 10.0. The van der Waals surface area contributed by atoms with E-state index in [2.05, 4.69) is 17.2 Å². The summed E-state index contributed by atoms with van der Waals surface area (Å²) in [7, 11) is 0. The third-order valence-corrected chi connectivity index (χ3v) is 6.76. The summed E-state index contributed by atoms with van der Waals surface area (Å²) in [5, 5.41) is 5.96. The van der Waals surface area contributed by atoms with Crippen molar-refractivity contribution in [3.05, 3.63) is 106 Å². The van der Waals surface area contributed by atoms with E-state index in [1.54, 1.807) is 30.4 Å². The number of anilines is 1. The van der Waals surface area contributed by atoms with Crippen LogP contribution in [0.1, 0.15) is 36.1 Å². The summed E-state index contributed by atoms with van der Waals surface area (Å²) < 4.78 is 12.1. The van der Waals surface area contributed by atoms with E-state index in [4.69, 9.17) is 21.1 Å². The predicted molar refractivity (Wildman–Crippen MR) is 160 cm³/mol. The number of hydrogen-bond donors (Lipinski definition) is 2. The van der Waals surface area contributed by atoms with Crippen molar-refractivity contribution in [2.75, 3.05) is 18.5 Å². The average molecular weight is 574 g/mol. The zero-order valence-corrected chi connectivity index (χ0v) is 23.8. The molecule has 1 heterocycles. The van der Waals surface area contributed by atoms with Crippen LogP contribution in [0.25, 0.3) is 6.08 Å². The smallest absolute Gasteiger partial charge is 0.329 e. The quantitative estimate of drug-likeness (QED) is 0.154. The first kappa shape index (κ1) is 29.4. The average Bonchev–Trinajstić information content (AvgIpc) is 3.21. The van der Waals surface area contributed by atoms with Gasteiger partial charge < -0.3 is 20.1 Å². The van der Waals surface area contributed by atoms with Crippen LogP contribution >= 0.6 is 11.6 Å². The van der Waals surface area contributed by atoms with Crippen molar-refractivity contribution in [2.24, 2.45) is 0 Å². The highest BCUT2D eigenvalue weighted by Gasteiger charge is 2.35. The molecule has 8 nitrogen and oxygen atoms in total. The molecule has 0 atom stereocenters. The molecular formula is C32H32ClN3O5. The number of nitrogens with one attached hydrogen (secondary N) is 2. The van der Waals surface area contributed by atoms with Gasteiger partial charge in [0.2, 0.25) is 5.91 Å². The Hall–Kier alpha value is -4.56. The maximum atomic E-state index is 13.1. The summed E-state index contributed by atoms with van der Waals surface area (Å²) in [6.07, 6.45) is 4.50. The molecule has 2 N–H and O–H groups in total. The summed E-state index contributed by atoms with van der Waals surface area (Å²) in [4.78, 5) is 39.3. The van der Waals surface area contributed by atoms with Gasteiger partial charge in [0.15, 0.2) is 11.5 Å². The number of benzene rings is 3. The van der Waals surface area contributed by atoms with E-state index >= 15 is 0 Å². The zero-order valence-electron chi connectivity index (χ0n) is 23.0. The number of allylic oxidation sites excluding steroid dienone is 1. The number of para-hydroxylation sites is 1. The standard InChI is InChI=1S/C32H32ClN3O5/c1-4-11-23-16-21(18-28(40-6-3)30(23)41-20-24-13-7-9-14-25(24)33)17-27-31(38)36(32(39)35-27)19-29(37)34-26-15-10-8-12-22(26)5-2/h4,7-10,12-18H,1,5-6,11,19-20H2,2-3H3,(H,34,37)(H,35,39)/b27-17+. The van der Waals surface area contributed by atoms with Gasteiger partial charge in [0.1, 0.15) is 18.8 Å². The summed E-state index contributed by atoms with van der Waals surface area (Å²) in [6, 6.07) is 17.7. The van der Waals surface area contributed by atoms with Crippen LogP contribution in [0.15, 0.2) is 79.0 Å². The lowest BCUT2D eigenvalue weighted by molar-refractivity contribution is -0.127. The molecule has 0 aliphatic carbocycles. The van der Waals surface area contributed by atoms with Crippen LogP contribution in [0.2, 0.25) is 5.02 Å². The molecule has 0 spiro atoms. The highest BCUT2D eigenvalue weighted by atomic mass is 35.5. The van der Waals surface area contributed by atoms with Crippen LogP contribution in [-0.2, 0) is 29.0 Å². The Kier molecular flexibility index (Phi) is 9.81. The molecule has 1 aliphatic rings. The Morgan fingerprint density at radius 2 is 1.76 bits per heavy atom. The molecule has 4 amide bonds. The Balaban J connectivity index is 1.55. The number of halogens is 1. The summed E-state index contributed by atoms with van der Waals surface area (Å²) in [5.74, 6) is -0.0478. The Morgan fingerprint density at radius 3 is 2.46 bits per heavy atom. The molecule has 4 rings (SSSR count). The largest absolute Gasteiger partial charge is 0.490 e. The van der Waals surface area contributed by atoms with Crippen LogP contribution in [0.5, 0.6) is 11.5 Å². The Morgan fingerprint density at radius 1 is 1.02 bits per heavy atom. The fraction of sp³-hybridized carbons (Fsp3) is 0.219. The van der Waals surface area contributed by atoms with E-state index in [0.717, 1.165) is 28.0 Å². The summed E-state index contributed by atoms with van der Waals surface area (Å²) >= 11 is 6.30. The number of hydrogen-bond acceptors (Lipinski definition) is 5. The third-order valence-electron chi connectivity index (χ3n) is 6.40. The monoisotopic (exact) mass is 573 g/mol. The molecule has 0 bridgehead atoms. The molecule has 0 aromatic heterocycles. The van der Waals surface area contributed by atoms with Crippen molar-refractivity contribution in [1.29, 1.82) is 0 Å². The molecule has 0 saturated carbocycles. The van der Waals surface area contributed by atoms with Crippen LogP contribution in [0.4, 0.5) is 10.5 Å². The van der Waals surface area contributed by atoms with Gasteiger partial charge in [-0.25, -0.2) is 9.69 Å². The van der Waals surface area contributed by atoms with Crippen LogP contribution in [0.3, 0.4) is 0 Å². The molecule has 3 aromatic rings. The maximum Gasteiger partial charge on any atom is 0.329 e. The van der Waals surface area contributed by atoms with Gasteiger partial charge in [0.05, 0.1) is 6.61 Å². The fourth-order valence-electron chi connectivity index (χ4n) is 4.43. The molecule has 9 heteroatoms. The van der Waals surface area contributed by atoms with Gasteiger partial charge >= 0.3 is 6.03 Å². The van der Waals surface area contributed by atoms with Crippen molar-refractivity contribution >= 4 is 41.2 Å². The number of nitrogens with zero attached hydrogens (tertiary/aromatic N) is 1. The lowest BCUT2D eigenvalue weighted by Crippen LogP contribution is -2.38. The lowest BCUT2D eigenvalue weighted by Gasteiger charge is -2.17. The second kappa shape index (κ2) is 13.7. The van der Waals surface area contributed by atoms with E-state index in [0.29, 0.717) is 40.8 Å². The first-order valence-electron chi connectivity index (χ1n) is 13.3. The minimum Gasteiger partial charge on any atom is -0.490 e. The number of amides is 4. The molecule has 1 fully saturated rings. The van der Waals surface area contributed by atoms with Crippen molar-refractivity contribution in [1.82, 2.24) is 10.2 Å². The summed E-state index contributed by atoms with van der Waals surface area (Å²) in [5.41, 5.74) is 3.88. The van der Waals surface area contributed by atoms with Crippen molar-refractivity contribution in [3.63, 3.8) is 0 Å². The molecule has 212 valence electrons. The fourth-order valence-corrected chi connectivity index (χ4v) is 4.62. The van der Waals surface area contributed by atoms with Gasteiger partial charge in [-0.1, -0.05) is 61.0 Å². The topological polar surface area (TPSA) is 97.0 Å². The van der Waals surface area contributed by atoms with Crippen molar-refractivity contribution < 1.29 is 23.9 Å². The highest BCUT2D eigenvalue weighted by Crippen LogP contribution is 2.36. The molecule has 41 heavy (non-hydrogen) atoms. The number of imide groups is 1. The number of rotatable bonds is 12. The minimum absolute atomic E-state index is 0.0495. The minimum atomic E-state index is -0.670. The molecule has 3 aromatic carbocycles. The molecule has 1 saturated heterocycles. The van der Waals surface area contributed by atoms with Gasteiger partial charge in [0.25, 0.3) is 5.91 Å². The maximum absolute atomic E-state index is 13.1. The first-order valence-corrected chi connectivity index (χ1v) is 13.7. The van der Waals surface area contributed by atoms with E-state index in [1.165, 1.54) is 0 Å². The molecule has 0 unspecified atom stereocenters. The second-order valence-corrected chi connectivity index (χ2v) is 9.66. The van der Waals surface area contributed by atoms with Crippen LogP contribution < -0.4 is 20.1 Å². The van der Waals surface area contributed by atoms with Crippen LogP contribution in [-0.4, -0.2) is 35.9 Å². The van der Waals surface area contributed by atoms with Gasteiger partial charge in [-0.15, -0.1) is 6.58 Å².